The second-order valence-electron chi connectivity index (χ2n) is 6.35. The van der Waals surface area contributed by atoms with Crippen molar-refractivity contribution in [3.8, 4) is 5.75 Å². The molecule has 0 radical (unpaired) electrons. The Morgan fingerprint density at radius 2 is 1.73 bits per heavy atom. The first-order chi connectivity index (χ1) is 14.6. The van der Waals surface area contributed by atoms with Crippen molar-refractivity contribution in [1.82, 2.24) is 10.2 Å². The van der Waals surface area contributed by atoms with Crippen LogP contribution in [-0.4, -0.2) is 40.0 Å². The number of Topliss-reactive ketones (excluding diaryl/α,β-unsaturated/α-hetero) is 1. The van der Waals surface area contributed by atoms with Gasteiger partial charge in [-0.2, -0.15) is 5.10 Å². The molecule has 0 saturated carbocycles. The Morgan fingerprint density at radius 1 is 1.03 bits per heavy atom. The molecule has 0 saturated heterocycles. The highest BCUT2D eigenvalue weighted by Crippen LogP contribution is 2.29. The van der Waals surface area contributed by atoms with Crippen LogP contribution in [0.25, 0.3) is 0 Å². The summed E-state index contributed by atoms with van der Waals surface area (Å²) in [6.07, 6.45) is 1.27. The Morgan fingerprint density at radius 3 is 2.47 bits per heavy atom. The van der Waals surface area contributed by atoms with Gasteiger partial charge in [0.1, 0.15) is 11.4 Å². The van der Waals surface area contributed by atoms with E-state index in [1.165, 1.54) is 17.8 Å². The summed E-state index contributed by atoms with van der Waals surface area (Å²) in [4.78, 5) is 38.2. The fraction of sp³-hybridized carbons (Fsp3) is 0.0909. The predicted octanol–water partition coefficient (Wildman–Crippen LogP) is 3.74. The highest BCUT2D eigenvalue weighted by Gasteiger charge is 2.33. The maximum Gasteiger partial charge on any atom is 0.276 e. The van der Waals surface area contributed by atoms with Crippen molar-refractivity contribution in [3.63, 3.8) is 0 Å². The highest BCUT2D eigenvalue weighted by atomic mass is 32.2. The van der Waals surface area contributed by atoms with Crippen LogP contribution in [0.3, 0.4) is 0 Å². The van der Waals surface area contributed by atoms with E-state index in [0.29, 0.717) is 18.0 Å². The fourth-order valence-electron chi connectivity index (χ4n) is 2.93. The van der Waals surface area contributed by atoms with Crippen molar-refractivity contribution in [2.45, 2.75) is 0 Å². The zero-order chi connectivity index (χ0) is 20.9. The van der Waals surface area contributed by atoms with Crippen LogP contribution in [0.4, 0.5) is 5.69 Å². The van der Waals surface area contributed by atoms with E-state index in [1.807, 2.05) is 36.4 Å². The number of rotatable bonds is 7. The Labute approximate surface area is 176 Å². The van der Waals surface area contributed by atoms with Crippen molar-refractivity contribution in [3.05, 3.63) is 88.6 Å². The van der Waals surface area contributed by atoms with Crippen molar-refractivity contribution in [2.75, 3.05) is 17.7 Å². The third-order valence-corrected chi connectivity index (χ3v) is 5.31. The van der Waals surface area contributed by atoms with Crippen LogP contribution in [0.15, 0.2) is 71.6 Å². The number of nitrogens with zero attached hydrogens (tertiary/aromatic N) is 1. The lowest BCUT2D eigenvalue weighted by atomic mass is 9.99. The number of carbonyl (C=O) groups is 3. The molecule has 1 aromatic heterocycles. The van der Waals surface area contributed by atoms with E-state index in [9.17, 15) is 14.4 Å². The third-order valence-electron chi connectivity index (χ3n) is 4.33. The number of ether oxygens (including phenoxy) is 1. The van der Waals surface area contributed by atoms with E-state index in [4.69, 9.17) is 4.74 Å². The summed E-state index contributed by atoms with van der Waals surface area (Å²) in [6.45, 7) is 0.368. The molecule has 0 spiro atoms. The van der Waals surface area contributed by atoms with Crippen LogP contribution in [0.1, 0.15) is 31.3 Å². The number of hydrogen-bond acceptors (Lipinski definition) is 6. The van der Waals surface area contributed by atoms with Crippen LogP contribution >= 0.6 is 11.8 Å². The second kappa shape index (κ2) is 8.79. The Bertz CT molecular complexity index is 1120. The van der Waals surface area contributed by atoms with Gasteiger partial charge in [-0.05, 0) is 24.3 Å². The molecule has 1 amide bonds. The van der Waals surface area contributed by atoms with Gasteiger partial charge in [-0.25, -0.2) is 0 Å². The normalized spacial score (nSPS) is 12.9. The third kappa shape index (κ3) is 4.18. The molecule has 7 nitrogen and oxygen atoms in total. The van der Waals surface area contributed by atoms with Gasteiger partial charge in [0.2, 0.25) is 11.6 Å². The lowest BCUT2D eigenvalue weighted by molar-refractivity contribution is 0.0979. The molecule has 4 rings (SSSR count). The number of aromatic amines is 1. The molecule has 30 heavy (non-hydrogen) atoms. The lowest BCUT2D eigenvalue weighted by Crippen LogP contribution is -2.21. The van der Waals surface area contributed by atoms with Crippen LogP contribution in [-0.2, 0) is 0 Å². The topological polar surface area (TPSA) is 101 Å². The van der Waals surface area contributed by atoms with Crippen molar-refractivity contribution < 1.29 is 19.1 Å². The number of anilines is 1. The summed E-state index contributed by atoms with van der Waals surface area (Å²) in [7, 11) is 0. The smallest absolute Gasteiger partial charge is 0.276 e. The quantitative estimate of drug-likeness (QED) is 0.566. The highest BCUT2D eigenvalue weighted by molar-refractivity contribution is 8.04. The number of carbonyl (C=O) groups excluding carboxylic acids is 3. The fourth-order valence-corrected chi connectivity index (χ4v) is 3.74. The van der Waals surface area contributed by atoms with Crippen LogP contribution in [0.5, 0.6) is 5.75 Å². The number of hydrogen-bond donors (Lipinski definition) is 2. The summed E-state index contributed by atoms with van der Waals surface area (Å²) < 4.78 is 5.62. The van der Waals surface area contributed by atoms with E-state index < -0.39 is 11.7 Å². The molecule has 1 aliphatic rings. The minimum atomic E-state index is -0.557. The van der Waals surface area contributed by atoms with E-state index in [-0.39, 0.29) is 27.6 Å². The number of amides is 1. The number of thioether (sulfide) groups is 1. The van der Waals surface area contributed by atoms with E-state index in [0.717, 1.165) is 5.75 Å². The second-order valence-corrected chi connectivity index (χ2v) is 7.49. The van der Waals surface area contributed by atoms with Crippen LogP contribution < -0.4 is 10.1 Å². The molecule has 1 heterocycles. The molecule has 0 fully saturated rings. The lowest BCUT2D eigenvalue weighted by Gasteiger charge is -2.12. The monoisotopic (exact) mass is 419 g/mol. The number of allylic oxidation sites excluding steroid dienone is 2. The number of benzene rings is 2. The summed E-state index contributed by atoms with van der Waals surface area (Å²) in [5, 5.41) is 9.13. The largest absolute Gasteiger partial charge is 0.493 e. The maximum atomic E-state index is 12.9. The molecule has 8 heteroatoms. The minimum Gasteiger partial charge on any atom is -0.493 e. The molecular formula is C22H17N3O4S. The summed E-state index contributed by atoms with van der Waals surface area (Å²) in [5.74, 6) is -0.143. The standard InChI is InChI=1S/C22H17N3O4S/c26-16-13-17(30-12-11-29-15-9-5-2-6-10-15)21(27)18-19(16)24-25-20(18)22(28)23-14-7-3-1-4-8-14/h1-10,13H,11-12H2,(H,23,28)(H,24,25). The van der Waals surface area contributed by atoms with Crippen molar-refractivity contribution >= 4 is 34.9 Å². The zero-order valence-electron chi connectivity index (χ0n) is 15.8. The Kier molecular flexibility index (Phi) is 5.76. The summed E-state index contributed by atoms with van der Waals surface area (Å²) >= 11 is 1.21. The predicted molar refractivity (Wildman–Crippen MR) is 114 cm³/mol. The van der Waals surface area contributed by atoms with Gasteiger partial charge >= 0.3 is 0 Å². The first-order valence-electron chi connectivity index (χ1n) is 9.19. The number of para-hydroxylation sites is 2. The van der Waals surface area contributed by atoms with Crippen LogP contribution in [0.2, 0.25) is 0 Å². The molecule has 1 aliphatic carbocycles. The molecule has 0 unspecified atom stereocenters. The SMILES string of the molecule is O=C(Nc1ccccc1)c1n[nH]c2c1C(=O)C(SCCOc1ccccc1)=CC2=O. The van der Waals surface area contributed by atoms with Gasteiger partial charge in [0.25, 0.3) is 5.91 Å². The molecule has 0 aliphatic heterocycles. The average Bonchev–Trinajstić information content (AvgIpc) is 3.22. The number of H-pyrrole nitrogens is 1. The van der Waals surface area contributed by atoms with Gasteiger partial charge in [-0.1, -0.05) is 36.4 Å². The van der Waals surface area contributed by atoms with Gasteiger partial charge in [0.15, 0.2) is 5.69 Å². The Balaban J connectivity index is 1.44. The molecule has 2 N–H and O–H groups in total. The van der Waals surface area contributed by atoms with E-state index >= 15 is 0 Å². The molecular weight excluding hydrogens is 402 g/mol. The molecule has 3 aromatic rings. The van der Waals surface area contributed by atoms with Gasteiger partial charge in [-0.15, -0.1) is 11.8 Å². The van der Waals surface area contributed by atoms with Crippen molar-refractivity contribution in [1.29, 1.82) is 0 Å². The summed E-state index contributed by atoms with van der Waals surface area (Å²) in [6, 6.07) is 18.1. The van der Waals surface area contributed by atoms with Gasteiger partial charge in [-0.3, -0.25) is 19.5 Å². The average molecular weight is 419 g/mol. The van der Waals surface area contributed by atoms with Crippen LogP contribution in [0, 0.1) is 0 Å². The number of ketones is 2. The van der Waals surface area contributed by atoms with Crippen molar-refractivity contribution in [2.24, 2.45) is 0 Å². The number of aromatic nitrogens is 2. The molecule has 0 atom stereocenters. The zero-order valence-corrected chi connectivity index (χ0v) is 16.6. The number of nitrogens with one attached hydrogen (secondary N) is 2. The van der Waals surface area contributed by atoms with E-state index in [1.54, 1.807) is 24.3 Å². The first kappa shape index (κ1) is 19.7. The Hall–Kier alpha value is -3.65. The first-order valence-corrected chi connectivity index (χ1v) is 10.2. The molecule has 2 aromatic carbocycles. The molecule has 0 bridgehead atoms. The van der Waals surface area contributed by atoms with Gasteiger partial charge in [0, 0.05) is 17.5 Å². The maximum absolute atomic E-state index is 12.9. The van der Waals surface area contributed by atoms with E-state index in [2.05, 4.69) is 15.5 Å². The molecule has 150 valence electrons. The summed E-state index contributed by atoms with van der Waals surface area (Å²) in [5.41, 5.74) is 0.501. The van der Waals surface area contributed by atoms with Gasteiger partial charge in [0.05, 0.1) is 17.1 Å². The number of fused-ring (bicyclic) bond motifs is 1. The van der Waals surface area contributed by atoms with Gasteiger partial charge < -0.3 is 10.1 Å². The minimum absolute atomic E-state index is 0.00223.